The minimum absolute atomic E-state index is 0.333. The molecule has 0 unspecified atom stereocenters. The predicted octanol–water partition coefficient (Wildman–Crippen LogP) is 4.30. The third kappa shape index (κ3) is 3.10. The molecule has 0 fully saturated rings. The van der Waals surface area contributed by atoms with Crippen molar-refractivity contribution < 1.29 is 9.53 Å². The number of hydrogen-bond donors (Lipinski definition) is 1. The Morgan fingerprint density at radius 1 is 1.14 bits per heavy atom. The summed E-state index contributed by atoms with van der Waals surface area (Å²) in [6.07, 6.45) is 1.84. The molecule has 2 aromatic rings. The largest absolute Gasteiger partial charge is 0.462 e. The van der Waals surface area contributed by atoms with E-state index in [4.69, 9.17) is 10.5 Å². The first-order valence-electron chi connectivity index (χ1n) is 7.29. The topological polar surface area (TPSA) is 52.3 Å². The molecule has 0 bridgehead atoms. The number of benzene rings is 1. The molecule has 0 saturated heterocycles. The summed E-state index contributed by atoms with van der Waals surface area (Å²) in [6.45, 7) is 6.35. The third-order valence-corrected chi connectivity index (χ3v) is 4.62. The second kappa shape index (κ2) is 6.76. The monoisotopic (exact) mass is 303 g/mol. The van der Waals surface area contributed by atoms with Crippen LogP contribution < -0.4 is 5.73 Å². The highest BCUT2D eigenvalue weighted by Gasteiger charge is 2.23. The van der Waals surface area contributed by atoms with Crippen molar-refractivity contribution in [3.8, 4) is 11.1 Å². The summed E-state index contributed by atoms with van der Waals surface area (Å²) >= 11 is 1.48. The van der Waals surface area contributed by atoms with Gasteiger partial charge in [-0.05, 0) is 30.9 Å². The fourth-order valence-electron chi connectivity index (χ4n) is 2.36. The van der Waals surface area contributed by atoms with Gasteiger partial charge in [0.1, 0.15) is 10.6 Å². The molecule has 4 heteroatoms. The van der Waals surface area contributed by atoms with Gasteiger partial charge in [0.25, 0.3) is 0 Å². The van der Waals surface area contributed by atoms with Crippen LogP contribution in [0.25, 0.3) is 11.1 Å². The highest BCUT2D eigenvalue weighted by molar-refractivity contribution is 7.17. The van der Waals surface area contributed by atoms with Gasteiger partial charge in [0.05, 0.1) is 6.61 Å². The number of carbonyl (C=O) groups excluding carboxylic acids is 1. The Morgan fingerprint density at radius 3 is 2.33 bits per heavy atom. The van der Waals surface area contributed by atoms with Crippen LogP contribution in [0.2, 0.25) is 0 Å². The molecule has 0 aliphatic carbocycles. The molecule has 21 heavy (non-hydrogen) atoms. The lowest BCUT2D eigenvalue weighted by atomic mass is 9.98. The molecular weight excluding hydrogens is 282 g/mol. The molecule has 0 spiro atoms. The molecule has 0 saturated carbocycles. The summed E-state index contributed by atoms with van der Waals surface area (Å²) in [5.74, 6) is -0.333. The number of thiophene rings is 1. The molecule has 1 aromatic carbocycles. The maximum absolute atomic E-state index is 12.2. The molecule has 112 valence electrons. The Kier molecular flexibility index (Phi) is 5.02. The summed E-state index contributed by atoms with van der Waals surface area (Å²) in [4.78, 5) is 13.3. The minimum Gasteiger partial charge on any atom is -0.462 e. The molecule has 0 aliphatic heterocycles. The van der Waals surface area contributed by atoms with Gasteiger partial charge in [0.15, 0.2) is 0 Å². The first kappa shape index (κ1) is 15.6. The Labute approximate surface area is 129 Å². The van der Waals surface area contributed by atoms with Crippen molar-refractivity contribution in [2.45, 2.75) is 33.6 Å². The molecule has 0 amide bonds. The number of nitrogen functional groups attached to an aromatic ring is 1. The Morgan fingerprint density at radius 2 is 1.81 bits per heavy atom. The van der Waals surface area contributed by atoms with Crippen molar-refractivity contribution in [2.75, 3.05) is 12.3 Å². The lowest BCUT2D eigenvalue weighted by molar-refractivity contribution is 0.0529. The first-order chi connectivity index (χ1) is 10.1. The van der Waals surface area contributed by atoms with E-state index in [2.05, 4.69) is 38.1 Å². The maximum Gasteiger partial charge on any atom is 0.341 e. The Hall–Kier alpha value is -1.81. The number of rotatable bonds is 5. The standard InChI is InChI=1S/C17H21NO2S/c1-4-11-7-9-12(10-8-11)14-13(5-2)21-16(18)15(14)17(19)20-6-3/h7-10H,4-6,18H2,1-3H3. The summed E-state index contributed by atoms with van der Waals surface area (Å²) in [6, 6.07) is 8.31. The van der Waals surface area contributed by atoms with Crippen LogP contribution in [-0.4, -0.2) is 12.6 Å². The van der Waals surface area contributed by atoms with Gasteiger partial charge in [0.2, 0.25) is 0 Å². The van der Waals surface area contributed by atoms with Crippen molar-refractivity contribution in [3.63, 3.8) is 0 Å². The van der Waals surface area contributed by atoms with Crippen molar-refractivity contribution in [1.82, 2.24) is 0 Å². The van der Waals surface area contributed by atoms with Crippen LogP contribution in [0.4, 0.5) is 5.00 Å². The SMILES string of the molecule is CCOC(=O)c1c(N)sc(CC)c1-c1ccc(CC)cc1. The first-order valence-corrected chi connectivity index (χ1v) is 8.11. The van der Waals surface area contributed by atoms with Gasteiger partial charge in [-0.3, -0.25) is 0 Å². The number of anilines is 1. The fourth-order valence-corrected chi connectivity index (χ4v) is 3.38. The van der Waals surface area contributed by atoms with Gasteiger partial charge in [-0.15, -0.1) is 11.3 Å². The van der Waals surface area contributed by atoms with Crippen molar-refractivity contribution >= 4 is 22.3 Å². The van der Waals surface area contributed by atoms with Gasteiger partial charge in [-0.25, -0.2) is 4.79 Å². The van der Waals surface area contributed by atoms with Crippen molar-refractivity contribution in [2.24, 2.45) is 0 Å². The molecule has 0 atom stereocenters. The average molecular weight is 303 g/mol. The zero-order chi connectivity index (χ0) is 15.4. The normalized spacial score (nSPS) is 10.6. The smallest absolute Gasteiger partial charge is 0.341 e. The summed E-state index contributed by atoms with van der Waals surface area (Å²) in [5, 5.41) is 0.542. The third-order valence-electron chi connectivity index (χ3n) is 3.46. The molecule has 2 rings (SSSR count). The zero-order valence-electron chi connectivity index (χ0n) is 12.7. The summed E-state index contributed by atoms with van der Waals surface area (Å²) in [7, 11) is 0. The number of aryl methyl sites for hydroxylation is 2. The second-order valence-electron chi connectivity index (χ2n) is 4.76. The molecular formula is C17H21NO2S. The molecule has 1 heterocycles. The maximum atomic E-state index is 12.2. The van der Waals surface area contributed by atoms with E-state index >= 15 is 0 Å². The van der Waals surface area contributed by atoms with E-state index in [1.165, 1.54) is 16.9 Å². The lowest BCUT2D eigenvalue weighted by Crippen LogP contribution is -2.07. The molecule has 1 aromatic heterocycles. The van der Waals surface area contributed by atoms with Gasteiger partial charge >= 0.3 is 5.97 Å². The number of nitrogens with two attached hydrogens (primary N) is 1. The van der Waals surface area contributed by atoms with Crippen LogP contribution in [0, 0.1) is 0 Å². The van der Waals surface area contributed by atoms with Crippen LogP contribution in [-0.2, 0) is 17.6 Å². The van der Waals surface area contributed by atoms with Crippen LogP contribution in [0.15, 0.2) is 24.3 Å². The summed E-state index contributed by atoms with van der Waals surface area (Å²) in [5.41, 5.74) is 9.81. The van der Waals surface area contributed by atoms with Crippen LogP contribution >= 0.6 is 11.3 Å². The highest BCUT2D eigenvalue weighted by Crippen LogP contribution is 2.39. The molecule has 2 N–H and O–H groups in total. The van der Waals surface area contributed by atoms with Gasteiger partial charge in [-0.2, -0.15) is 0 Å². The Balaban J connectivity index is 2.56. The van der Waals surface area contributed by atoms with Crippen molar-refractivity contribution in [1.29, 1.82) is 0 Å². The fraction of sp³-hybridized carbons (Fsp3) is 0.353. The van der Waals surface area contributed by atoms with E-state index in [0.717, 1.165) is 28.8 Å². The van der Waals surface area contributed by atoms with E-state index in [1.54, 1.807) is 6.92 Å². The van der Waals surface area contributed by atoms with Crippen molar-refractivity contribution in [3.05, 3.63) is 40.3 Å². The van der Waals surface area contributed by atoms with E-state index in [9.17, 15) is 4.79 Å². The minimum atomic E-state index is -0.333. The second-order valence-corrected chi connectivity index (χ2v) is 5.90. The molecule has 0 aliphatic rings. The molecule has 3 nitrogen and oxygen atoms in total. The van der Waals surface area contributed by atoms with Gasteiger partial charge in [-0.1, -0.05) is 38.1 Å². The van der Waals surface area contributed by atoms with Crippen LogP contribution in [0.1, 0.15) is 41.6 Å². The van der Waals surface area contributed by atoms with Crippen LogP contribution in [0.3, 0.4) is 0 Å². The van der Waals surface area contributed by atoms with Crippen LogP contribution in [0.5, 0.6) is 0 Å². The van der Waals surface area contributed by atoms with Gasteiger partial charge in [0, 0.05) is 10.4 Å². The lowest BCUT2D eigenvalue weighted by Gasteiger charge is -2.08. The van der Waals surface area contributed by atoms with E-state index in [-0.39, 0.29) is 5.97 Å². The highest BCUT2D eigenvalue weighted by atomic mass is 32.1. The van der Waals surface area contributed by atoms with E-state index in [1.807, 2.05) is 0 Å². The predicted molar refractivity (Wildman–Crippen MR) is 88.9 cm³/mol. The average Bonchev–Trinajstić information content (AvgIpc) is 2.84. The quantitative estimate of drug-likeness (QED) is 0.838. The molecule has 0 radical (unpaired) electrons. The van der Waals surface area contributed by atoms with E-state index in [0.29, 0.717) is 17.2 Å². The Bertz CT molecular complexity index is 629. The zero-order valence-corrected chi connectivity index (χ0v) is 13.5. The number of hydrogen-bond acceptors (Lipinski definition) is 4. The number of carbonyl (C=O) groups is 1. The number of ether oxygens (including phenoxy) is 1. The van der Waals surface area contributed by atoms with E-state index < -0.39 is 0 Å². The summed E-state index contributed by atoms with van der Waals surface area (Å²) < 4.78 is 5.16. The van der Waals surface area contributed by atoms with Gasteiger partial charge < -0.3 is 10.5 Å². The number of esters is 1.